The second-order valence-corrected chi connectivity index (χ2v) is 15.3. The molecule has 1 heterocycles. The molecule has 47 heavy (non-hydrogen) atoms. The highest BCUT2D eigenvalue weighted by atomic mass is 16.6. The van der Waals surface area contributed by atoms with Gasteiger partial charge >= 0.3 is 6.09 Å². The normalized spacial score (nSPS) is 21.0. The fourth-order valence-electron chi connectivity index (χ4n) is 6.30. The molecule has 1 aliphatic carbocycles. The Kier molecular flexibility index (Phi) is 11.8. The summed E-state index contributed by atoms with van der Waals surface area (Å²) in [6.07, 6.45) is 2.02. The van der Waals surface area contributed by atoms with Crippen molar-refractivity contribution in [2.45, 2.75) is 105 Å². The van der Waals surface area contributed by atoms with Crippen molar-refractivity contribution >= 4 is 35.4 Å². The molecule has 11 nitrogen and oxygen atoms in total. The van der Waals surface area contributed by atoms with Gasteiger partial charge in [0.2, 0.25) is 17.6 Å². The Morgan fingerprint density at radius 3 is 2.23 bits per heavy atom. The van der Waals surface area contributed by atoms with Gasteiger partial charge in [-0.2, -0.15) is 0 Å². The number of hydrogen-bond acceptors (Lipinski definition) is 7. The van der Waals surface area contributed by atoms with Crippen LogP contribution in [0, 0.1) is 22.7 Å². The largest absolute Gasteiger partial charge is 0.444 e. The van der Waals surface area contributed by atoms with Crippen molar-refractivity contribution in [1.82, 2.24) is 20.9 Å². The van der Waals surface area contributed by atoms with E-state index in [4.69, 9.17) is 4.74 Å². The summed E-state index contributed by atoms with van der Waals surface area (Å²) in [5.74, 6) is -3.15. The summed E-state index contributed by atoms with van der Waals surface area (Å²) in [5, 5.41) is 7.87. The first-order valence-corrected chi connectivity index (χ1v) is 16.4. The lowest BCUT2D eigenvalue weighted by atomic mass is 9.85. The van der Waals surface area contributed by atoms with E-state index in [1.807, 2.05) is 65.0 Å². The Balaban J connectivity index is 1.73. The molecule has 0 aromatic heterocycles. The Bertz CT molecular complexity index is 1360. The molecule has 258 valence electrons. The highest BCUT2D eigenvalue weighted by molar-refractivity contribution is 6.38. The number of alkyl carbamates (subject to hydrolysis) is 1. The molecule has 0 radical (unpaired) electrons. The maximum atomic E-state index is 14.1. The quantitative estimate of drug-likeness (QED) is 0.205. The molecule has 11 heteroatoms. The van der Waals surface area contributed by atoms with E-state index in [1.165, 1.54) is 4.90 Å². The van der Waals surface area contributed by atoms with Crippen molar-refractivity contribution in [3.63, 3.8) is 0 Å². The smallest absolute Gasteiger partial charge is 0.408 e. The lowest BCUT2D eigenvalue weighted by Gasteiger charge is -2.38. The van der Waals surface area contributed by atoms with Gasteiger partial charge in [-0.15, -0.1) is 6.58 Å². The standard InChI is InChI=1S/C36H52N4O7/c1-10-11-17-25(28(42)31(44)37-20-23(41)19-18-22-15-13-12-14-16-22)38-30(43)27-26-24(36(26,8)9)21-40(27)32(45)29(34(2,3)4)39-33(46)47-35(5,6)7/h10,12-16,24-27,29H,1,11,17-21H2,2-9H3,(H,37,44)(H,38,43)(H,39,46)/t24?,25?,26?,27?,29-/m1/s1. The predicted octanol–water partition coefficient (Wildman–Crippen LogP) is 3.75. The van der Waals surface area contributed by atoms with Crippen LogP contribution in [0.1, 0.15) is 80.2 Å². The highest BCUT2D eigenvalue weighted by Crippen LogP contribution is 2.65. The molecule has 3 N–H and O–H groups in total. The second kappa shape index (κ2) is 14.8. The molecular formula is C36H52N4O7. The Morgan fingerprint density at radius 1 is 1.02 bits per heavy atom. The number of rotatable bonds is 14. The number of ether oxygens (including phenoxy) is 1. The SMILES string of the molecule is C=CCCC(NC(=O)C1C2C(CN1C(=O)[C@@H](NC(=O)OC(C)(C)C)C(C)(C)C)C2(C)C)C(=O)C(=O)NCC(=O)CCc1ccccc1. The lowest BCUT2D eigenvalue weighted by molar-refractivity contribution is -0.145. The van der Waals surface area contributed by atoms with Crippen molar-refractivity contribution in [1.29, 1.82) is 0 Å². The highest BCUT2D eigenvalue weighted by Gasteiger charge is 2.70. The predicted molar refractivity (Wildman–Crippen MR) is 178 cm³/mol. The van der Waals surface area contributed by atoms with Crippen LogP contribution >= 0.6 is 0 Å². The van der Waals surface area contributed by atoms with E-state index in [0.29, 0.717) is 19.4 Å². The maximum absolute atomic E-state index is 14.1. The van der Waals surface area contributed by atoms with E-state index >= 15 is 0 Å². The summed E-state index contributed by atoms with van der Waals surface area (Å²) in [6, 6.07) is 6.39. The van der Waals surface area contributed by atoms with Gasteiger partial charge in [-0.3, -0.25) is 24.0 Å². The molecule has 3 rings (SSSR count). The molecule has 1 saturated heterocycles. The number of likely N-dealkylation sites (tertiary alicyclic amines) is 1. The number of ketones is 2. The summed E-state index contributed by atoms with van der Waals surface area (Å²) in [4.78, 5) is 80.8. The van der Waals surface area contributed by atoms with E-state index in [9.17, 15) is 28.8 Å². The van der Waals surface area contributed by atoms with Crippen LogP contribution in [-0.4, -0.2) is 77.1 Å². The summed E-state index contributed by atoms with van der Waals surface area (Å²) < 4.78 is 5.42. The number of piperidine rings is 1. The molecule has 0 bridgehead atoms. The zero-order valence-corrected chi connectivity index (χ0v) is 29.1. The van der Waals surface area contributed by atoms with Gasteiger partial charge in [-0.05, 0) is 68.3 Å². The van der Waals surface area contributed by atoms with Crippen molar-refractivity contribution in [2.24, 2.45) is 22.7 Å². The molecular weight excluding hydrogens is 600 g/mol. The van der Waals surface area contributed by atoms with Gasteiger partial charge in [0, 0.05) is 13.0 Å². The van der Waals surface area contributed by atoms with Crippen LogP contribution in [-0.2, 0) is 35.1 Å². The fourth-order valence-corrected chi connectivity index (χ4v) is 6.30. The van der Waals surface area contributed by atoms with Crippen LogP contribution in [0.2, 0.25) is 0 Å². The second-order valence-electron chi connectivity index (χ2n) is 15.3. The van der Waals surface area contributed by atoms with Crippen LogP contribution in [0.3, 0.4) is 0 Å². The molecule has 1 saturated carbocycles. The van der Waals surface area contributed by atoms with Gasteiger partial charge in [-0.1, -0.05) is 71.0 Å². The molecule has 4 unspecified atom stereocenters. The van der Waals surface area contributed by atoms with Gasteiger partial charge in [0.05, 0.1) is 12.6 Å². The number of carbonyl (C=O) groups excluding carboxylic acids is 6. The lowest BCUT2D eigenvalue weighted by Crippen LogP contribution is -2.60. The van der Waals surface area contributed by atoms with Crippen molar-refractivity contribution in [3.05, 3.63) is 48.6 Å². The number of Topliss-reactive ketones (excluding diaryl/α,β-unsaturated/α-hetero) is 2. The summed E-state index contributed by atoms with van der Waals surface area (Å²) in [5.41, 5.74) is -0.708. The number of fused-ring (bicyclic) bond motifs is 1. The number of hydrogen-bond donors (Lipinski definition) is 3. The van der Waals surface area contributed by atoms with Crippen LogP contribution < -0.4 is 16.0 Å². The van der Waals surface area contributed by atoms with Crippen molar-refractivity contribution in [3.8, 4) is 0 Å². The third-order valence-corrected chi connectivity index (χ3v) is 9.03. The number of nitrogens with one attached hydrogen (secondary N) is 3. The van der Waals surface area contributed by atoms with Crippen LogP contribution in [0.15, 0.2) is 43.0 Å². The molecule has 5 atom stereocenters. The summed E-state index contributed by atoms with van der Waals surface area (Å²) in [7, 11) is 0. The van der Waals surface area contributed by atoms with Gasteiger partial charge in [0.15, 0.2) is 5.78 Å². The topological polar surface area (TPSA) is 151 Å². The minimum atomic E-state index is -1.18. The monoisotopic (exact) mass is 652 g/mol. The maximum Gasteiger partial charge on any atom is 0.408 e. The Hall–Kier alpha value is -4.02. The number of carbonyl (C=O) groups is 6. The minimum absolute atomic E-state index is 0.0527. The van der Waals surface area contributed by atoms with E-state index < -0.39 is 58.7 Å². The number of benzene rings is 1. The van der Waals surface area contributed by atoms with Gasteiger partial charge in [-0.25, -0.2) is 4.79 Å². The first-order valence-electron chi connectivity index (χ1n) is 16.4. The Labute approximate surface area is 278 Å². The van der Waals surface area contributed by atoms with Crippen LogP contribution in [0.5, 0.6) is 0 Å². The van der Waals surface area contributed by atoms with E-state index in [0.717, 1.165) is 5.56 Å². The fraction of sp³-hybridized carbons (Fsp3) is 0.611. The molecule has 1 aliphatic heterocycles. The van der Waals surface area contributed by atoms with E-state index in [2.05, 4.69) is 22.5 Å². The average Bonchev–Trinajstić information content (AvgIpc) is 3.29. The number of nitrogens with zero attached hydrogens (tertiary/aromatic N) is 1. The van der Waals surface area contributed by atoms with Crippen molar-refractivity contribution in [2.75, 3.05) is 13.1 Å². The summed E-state index contributed by atoms with van der Waals surface area (Å²) in [6.45, 7) is 18.4. The summed E-state index contributed by atoms with van der Waals surface area (Å²) >= 11 is 0. The average molecular weight is 653 g/mol. The van der Waals surface area contributed by atoms with E-state index in [1.54, 1.807) is 26.8 Å². The number of amides is 4. The Morgan fingerprint density at radius 2 is 1.66 bits per heavy atom. The molecule has 4 amide bonds. The first kappa shape index (κ1) is 37.4. The third-order valence-electron chi connectivity index (χ3n) is 9.03. The third kappa shape index (κ3) is 9.74. The van der Waals surface area contributed by atoms with Crippen LogP contribution in [0.25, 0.3) is 0 Å². The van der Waals surface area contributed by atoms with Crippen molar-refractivity contribution < 1.29 is 33.5 Å². The molecule has 0 spiro atoms. The number of aryl methyl sites for hydroxylation is 1. The molecule has 2 fully saturated rings. The molecule has 2 aliphatic rings. The first-order chi connectivity index (χ1) is 21.8. The molecule has 1 aromatic carbocycles. The molecule has 1 aromatic rings. The minimum Gasteiger partial charge on any atom is -0.444 e. The van der Waals surface area contributed by atoms with Gasteiger partial charge in [0.25, 0.3) is 5.91 Å². The van der Waals surface area contributed by atoms with Gasteiger partial charge in [0.1, 0.15) is 17.7 Å². The van der Waals surface area contributed by atoms with E-state index in [-0.39, 0.29) is 42.4 Å². The zero-order valence-electron chi connectivity index (χ0n) is 29.1. The van der Waals surface area contributed by atoms with Crippen LogP contribution in [0.4, 0.5) is 4.79 Å². The number of allylic oxidation sites excluding steroid dienone is 1. The zero-order chi connectivity index (χ0) is 35.3. The van der Waals surface area contributed by atoms with Gasteiger partial charge < -0.3 is 25.6 Å².